The van der Waals surface area contributed by atoms with Crippen molar-refractivity contribution in [3.63, 3.8) is 0 Å². The highest BCUT2D eigenvalue weighted by molar-refractivity contribution is 7.97. The molecule has 1 fully saturated rings. The molecular formula is C15H18N2S2. The predicted molar refractivity (Wildman–Crippen MR) is 84.6 cm³/mol. The Bertz CT molecular complexity index is 532. The van der Waals surface area contributed by atoms with Gasteiger partial charge in [0.25, 0.3) is 0 Å². The van der Waals surface area contributed by atoms with Gasteiger partial charge in [-0.05, 0) is 19.1 Å². The Morgan fingerprint density at radius 3 is 2.79 bits per heavy atom. The first-order valence-corrected chi connectivity index (χ1v) is 8.84. The Kier molecular flexibility index (Phi) is 4.21. The van der Waals surface area contributed by atoms with Crippen LogP contribution in [0.1, 0.15) is 22.7 Å². The lowest BCUT2D eigenvalue weighted by molar-refractivity contribution is 0.695. The number of benzene rings is 1. The maximum atomic E-state index is 4.83. The molecule has 0 aliphatic heterocycles. The number of nitrogens with one attached hydrogen (secondary N) is 1. The summed E-state index contributed by atoms with van der Waals surface area (Å²) in [6.07, 6.45) is 4.79. The fourth-order valence-electron chi connectivity index (χ4n) is 2.05. The van der Waals surface area contributed by atoms with Crippen molar-refractivity contribution >= 4 is 23.1 Å². The van der Waals surface area contributed by atoms with Crippen LogP contribution in [0.25, 0.3) is 11.3 Å². The van der Waals surface area contributed by atoms with Gasteiger partial charge in [0.1, 0.15) is 5.01 Å². The zero-order valence-corrected chi connectivity index (χ0v) is 12.7. The van der Waals surface area contributed by atoms with Gasteiger partial charge in [-0.25, -0.2) is 4.98 Å². The normalized spacial score (nSPS) is 14.8. The van der Waals surface area contributed by atoms with Crippen LogP contribution in [0.2, 0.25) is 0 Å². The van der Waals surface area contributed by atoms with Crippen molar-refractivity contribution in [1.82, 2.24) is 10.3 Å². The Morgan fingerprint density at radius 1 is 1.32 bits per heavy atom. The predicted octanol–water partition coefficient (Wildman–Crippen LogP) is 3.93. The SMILES string of the molecule is CSCc1nc(-c2ccccc2)c(CNC2CC2)s1. The fraction of sp³-hybridized carbons (Fsp3) is 0.400. The quantitative estimate of drug-likeness (QED) is 0.872. The molecule has 1 N–H and O–H groups in total. The minimum atomic E-state index is 0.745. The number of thiazole rings is 1. The molecule has 1 aliphatic carbocycles. The molecule has 0 spiro atoms. The van der Waals surface area contributed by atoms with E-state index in [1.165, 1.54) is 34.0 Å². The van der Waals surface area contributed by atoms with E-state index >= 15 is 0 Å². The van der Waals surface area contributed by atoms with Gasteiger partial charge in [-0.15, -0.1) is 11.3 Å². The van der Waals surface area contributed by atoms with Crippen molar-refractivity contribution in [2.24, 2.45) is 0 Å². The Morgan fingerprint density at radius 2 is 2.11 bits per heavy atom. The van der Waals surface area contributed by atoms with E-state index in [0.717, 1.165) is 18.3 Å². The first-order chi connectivity index (χ1) is 9.36. The van der Waals surface area contributed by atoms with Gasteiger partial charge in [-0.1, -0.05) is 30.3 Å². The van der Waals surface area contributed by atoms with E-state index in [9.17, 15) is 0 Å². The molecule has 3 rings (SSSR count). The summed E-state index contributed by atoms with van der Waals surface area (Å²) in [5.41, 5.74) is 2.40. The van der Waals surface area contributed by atoms with Crippen LogP contribution in [0.4, 0.5) is 0 Å². The minimum Gasteiger partial charge on any atom is -0.309 e. The molecule has 4 heteroatoms. The Hall–Kier alpha value is -0.840. The zero-order valence-electron chi connectivity index (χ0n) is 11.1. The summed E-state index contributed by atoms with van der Waals surface area (Å²) < 4.78 is 0. The van der Waals surface area contributed by atoms with Crippen molar-refractivity contribution in [3.8, 4) is 11.3 Å². The highest BCUT2D eigenvalue weighted by atomic mass is 32.2. The largest absolute Gasteiger partial charge is 0.309 e. The van der Waals surface area contributed by atoms with Crippen LogP contribution >= 0.6 is 23.1 Å². The first kappa shape index (κ1) is 13.2. The highest BCUT2D eigenvalue weighted by Crippen LogP contribution is 2.30. The van der Waals surface area contributed by atoms with E-state index in [0.29, 0.717) is 0 Å². The third kappa shape index (κ3) is 3.38. The molecule has 1 heterocycles. The van der Waals surface area contributed by atoms with Gasteiger partial charge in [0.15, 0.2) is 0 Å². The lowest BCUT2D eigenvalue weighted by atomic mass is 10.1. The van der Waals surface area contributed by atoms with Gasteiger partial charge in [-0.3, -0.25) is 0 Å². The van der Waals surface area contributed by atoms with Gasteiger partial charge in [0.05, 0.1) is 5.69 Å². The average molecular weight is 290 g/mol. The standard InChI is InChI=1S/C15H18N2S2/c1-18-10-14-17-15(11-5-3-2-4-6-11)13(19-14)9-16-12-7-8-12/h2-6,12,16H,7-10H2,1H3. The van der Waals surface area contributed by atoms with Crippen LogP contribution in [0.15, 0.2) is 30.3 Å². The lowest BCUT2D eigenvalue weighted by Crippen LogP contribution is -2.14. The van der Waals surface area contributed by atoms with E-state index < -0.39 is 0 Å². The maximum Gasteiger partial charge on any atom is 0.103 e. The van der Waals surface area contributed by atoms with Crippen LogP contribution in [-0.2, 0) is 12.3 Å². The summed E-state index contributed by atoms with van der Waals surface area (Å²) in [7, 11) is 0. The Balaban J connectivity index is 1.86. The van der Waals surface area contributed by atoms with Gasteiger partial charge >= 0.3 is 0 Å². The number of hydrogen-bond acceptors (Lipinski definition) is 4. The van der Waals surface area contributed by atoms with Crippen LogP contribution in [0.5, 0.6) is 0 Å². The molecule has 0 amide bonds. The molecule has 100 valence electrons. The van der Waals surface area contributed by atoms with Crippen LogP contribution in [0.3, 0.4) is 0 Å². The number of aromatic nitrogens is 1. The van der Waals surface area contributed by atoms with E-state index in [1.807, 2.05) is 23.1 Å². The minimum absolute atomic E-state index is 0.745. The summed E-state index contributed by atoms with van der Waals surface area (Å²) in [6, 6.07) is 11.3. The summed E-state index contributed by atoms with van der Waals surface area (Å²) in [5, 5.41) is 4.84. The number of hydrogen-bond donors (Lipinski definition) is 1. The third-order valence-corrected chi connectivity index (χ3v) is 4.99. The van der Waals surface area contributed by atoms with E-state index in [-0.39, 0.29) is 0 Å². The molecule has 0 radical (unpaired) electrons. The van der Waals surface area contributed by atoms with Gasteiger partial charge in [0, 0.05) is 28.8 Å². The fourth-order valence-corrected chi connectivity index (χ4v) is 3.79. The van der Waals surface area contributed by atoms with Crippen molar-refractivity contribution in [1.29, 1.82) is 0 Å². The number of thioether (sulfide) groups is 1. The van der Waals surface area contributed by atoms with Crippen molar-refractivity contribution in [2.45, 2.75) is 31.2 Å². The van der Waals surface area contributed by atoms with Gasteiger partial charge in [-0.2, -0.15) is 11.8 Å². The molecule has 1 saturated carbocycles. The van der Waals surface area contributed by atoms with Crippen LogP contribution < -0.4 is 5.32 Å². The first-order valence-electron chi connectivity index (χ1n) is 6.63. The molecular weight excluding hydrogens is 272 g/mol. The molecule has 2 nitrogen and oxygen atoms in total. The van der Waals surface area contributed by atoms with Crippen molar-refractivity contribution < 1.29 is 0 Å². The topological polar surface area (TPSA) is 24.9 Å². The summed E-state index contributed by atoms with van der Waals surface area (Å²) in [5.74, 6) is 1.01. The monoisotopic (exact) mass is 290 g/mol. The van der Waals surface area contributed by atoms with Gasteiger partial charge < -0.3 is 5.32 Å². The summed E-state index contributed by atoms with van der Waals surface area (Å²) in [4.78, 5) is 6.20. The van der Waals surface area contributed by atoms with E-state index in [1.54, 1.807) is 0 Å². The maximum absolute atomic E-state index is 4.83. The molecule has 19 heavy (non-hydrogen) atoms. The summed E-state index contributed by atoms with van der Waals surface area (Å²) >= 11 is 3.69. The molecule has 2 aromatic rings. The summed E-state index contributed by atoms with van der Waals surface area (Å²) in [6.45, 7) is 0.959. The molecule has 1 aromatic carbocycles. The number of nitrogens with zero attached hydrogens (tertiary/aromatic N) is 1. The lowest BCUT2D eigenvalue weighted by Gasteiger charge is -2.03. The Labute approximate surface area is 122 Å². The zero-order chi connectivity index (χ0) is 13.1. The molecule has 0 saturated heterocycles. The molecule has 0 atom stereocenters. The van der Waals surface area contributed by atoms with Gasteiger partial charge in [0.2, 0.25) is 0 Å². The molecule has 1 aliphatic rings. The smallest absolute Gasteiger partial charge is 0.103 e. The highest BCUT2D eigenvalue weighted by Gasteiger charge is 2.21. The molecule has 0 bridgehead atoms. The molecule has 1 aromatic heterocycles. The van der Waals surface area contributed by atoms with Crippen molar-refractivity contribution in [2.75, 3.05) is 6.26 Å². The van der Waals surface area contributed by atoms with E-state index in [2.05, 4.69) is 41.9 Å². The van der Waals surface area contributed by atoms with Crippen molar-refractivity contribution in [3.05, 3.63) is 40.2 Å². The second-order valence-corrected chi connectivity index (χ2v) is 6.87. The second kappa shape index (κ2) is 6.07. The van der Waals surface area contributed by atoms with Crippen LogP contribution in [-0.4, -0.2) is 17.3 Å². The average Bonchev–Trinajstić information content (AvgIpc) is 3.19. The van der Waals surface area contributed by atoms with Crippen LogP contribution in [0, 0.1) is 0 Å². The molecule has 0 unspecified atom stereocenters. The van der Waals surface area contributed by atoms with E-state index in [4.69, 9.17) is 4.98 Å². The third-order valence-electron chi connectivity index (χ3n) is 3.19. The number of rotatable bonds is 6. The second-order valence-electron chi connectivity index (χ2n) is 4.83.